The van der Waals surface area contributed by atoms with Crippen LogP contribution in [-0.2, 0) is 4.79 Å². The quantitative estimate of drug-likeness (QED) is 0.745. The van der Waals surface area contributed by atoms with Gasteiger partial charge in [-0.15, -0.1) is 0 Å². The molecule has 1 atom stereocenters. The second kappa shape index (κ2) is 6.48. The summed E-state index contributed by atoms with van der Waals surface area (Å²) >= 11 is 0. The van der Waals surface area contributed by atoms with Crippen molar-refractivity contribution in [1.82, 2.24) is 9.80 Å². The van der Waals surface area contributed by atoms with Gasteiger partial charge in [0.1, 0.15) is 6.04 Å². The summed E-state index contributed by atoms with van der Waals surface area (Å²) in [5, 5.41) is 17.7. The maximum Gasteiger partial charge on any atom is 0.326 e. The summed E-state index contributed by atoms with van der Waals surface area (Å²) in [6.07, 6.45) is -1.86. The van der Waals surface area contributed by atoms with Gasteiger partial charge in [0.25, 0.3) is 6.43 Å². The van der Waals surface area contributed by atoms with Crippen molar-refractivity contribution in [2.75, 3.05) is 26.2 Å². The normalized spacial score (nSPS) is 19.3. The average molecular weight is 266 g/mol. The van der Waals surface area contributed by atoms with Gasteiger partial charge in [0.15, 0.2) is 0 Å². The van der Waals surface area contributed by atoms with Crippen LogP contribution in [0.15, 0.2) is 0 Å². The second-order valence-corrected chi connectivity index (χ2v) is 4.03. The van der Waals surface area contributed by atoms with E-state index in [0.717, 1.165) is 9.80 Å². The van der Waals surface area contributed by atoms with Crippen molar-refractivity contribution >= 4 is 12.0 Å². The summed E-state index contributed by atoms with van der Waals surface area (Å²) in [6.45, 7) is -1.24. The number of carbonyl (C=O) groups is 2. The van der Waals surface area contributed by atoms with Crippen molar-refractivity contribution in [2.45, 2.75) is 25.3 Å². The lowest BCUT2D eigenvalue weighted by molar-refractivity contribution is -0.141. The minimum atomic E-state index is -2.72. The summed E-state index contributed by atoms with van der Waals surface area (Å²) in [7, 11) is 0. The van der Waals surface area contributed by atoms with E-state index in [1.165, 1.54) is 0 Å². The van der Waals surface area contributed by atoms with E-state index in [-0.39, 0.29) is 13.1 Å². The Morgan fingerprint density at radius 3 is 2.61 bits per heavy atom. The van der Waals surface area contributed by atoms with Gasteiger partial charge in [-0.2, -0.15) is 0 Å². The van der Waals surface area contributed by atoms with Crippen LogP contribution >= 0.6 is 0 Å². The first-order chi connectivity index (χ1) is 8.47. The molecular formula is C10H16F2N2O4. The number of alkyl halides is 2. The summed E-state index contributed by atoms with van der Waals surface area (Å²) < 4.78 is 24.6. The Kier molecular flexibility index (Phi) is 5.26. The van der Waals surface area contributed by atoms with E-state index >= 15 is 0 Å². The molecule has 0 radical (unpaired) electrons. The molecule has 1 fully saturated rings. The maximum absolute atomic E-state index is 12.3. The molecule has 0 aliphatic carbocycles. The van der Waals surface area contributed by atoms with Crippen LogP contribution in [0.4, 0.5) is 13.6 Å². The van der Waals surface area contributed by atoms with Gasteiger partial charge in [-0.25, -0.2) is 18.4 Å². The number of urea groups is 1. The maximum atomic E-state index is 12.3. The molecule has 0 spiro atoms. The molecule has 0 saturated carbocycles. The van der Waals surface area contributed by atoms with E-state index in [1.807, 2.05) is 0 Å². The Labute approximate surface area is 103 Å². The molecule has 8 heteroatoms. The zero-order valence-corrected chi connectivity index (χ0v) is 9.76. The lowest BCUT2D eigenvalue weighted by Crippen LogP contribution is -2.50. The molecule has 0 aromatic heterocycles. The number of carbonyl (C=O) groups excluding carboxylic acids is 1. The third-order valence-corrected chi connectivity index (χ3v) is 2.78. The van der Waals surface area contributed by atoms with Crippen molar-refractivity contribution in [2.24, 2.45) is 0 Å². The number of likely N-dealkylation sites (tertiary alicyclic amines) is 1. The molecule has 2 amide bonds. The van der Waals surface area contributed by atoms with Crippen LogP contribution < -0.4 is 0 Å². The van der Waals surface area contributed by atoms with Crippen LogP contribution in [0.3, 0.4) is 0 Å². The van der Waals surface area contributed by atoms with Crippen LogP contribution in [0.1, 0.15) is 12.8 Å². The zero-order chi connectivity index (χ0) is 13.7. The third kappa shape index (κ3) is 3.52. The Morgan fingerprint density at radius 1 is 1.44 bits per heavy atom. The molecular weight excluding hydrogens is 250 g/mol. The fourth-order valence-electron chi connectivity index (χ4n) is 1.99. The fraction of sp³-hybridized carbons (Fsp3) is 0.800. The number of hydrogen-bond acceptors (Lipinski definition) is 3. The molecule has 0 bridgehead atoms. The van der Waals surface area contributed by atoms with E-state index < -0.39 is 37.6 Å². The molecule has 1 rings (SSSR count). The minimum absolute atomic E-state index is 0.230. The van der Waals surface area contributed by atoms with Gasteiger partial charge in [-0.1, -0.05) is 0 Å². The summed E-state index contributed by atoms with van der Waals surface area (Å²) in [5.74, 6) is -1.14. The monoisotopic (exact) mass is 266 g/mol. The van der Waals surface area contributed by atoms with Crippen LogP contribution in [0, 0.1) is 0 Å². The van der Waals surface area contributed by atoms with Crippen LogP contribution in [0.2, 0.25) is 0 Å². The number of halogens is 2. The smallest absolute Gasteiger partial charge is 0.326 e. The highest BCUT2D eigenvalue weighted by Gasteiger charge is 2.36. The second-order valence-electron chi connectivity index (χ2n) is 4.03. The Morgan fingerprint density at radius 2 is 2.11 bits per heavy atom. The van der Waals surface area contributed by atoms with Gasteiger partial charge < -0.3 is 20.0 Å². The summed E-state index contributed by atoms with van der Waals surface area (Å²) in [5.41, 5.74) is 0. The Hall–Kier alpha value is -1.44. The first-order valence-electron chi connectivity index (χ1n) is 5.64. The summed E-state index contributed by atoms with van der Waals surface area (Å²) in [4.78, 5) is 24.7. The molecule has 2 N–H and O–H groups in total. The molecule has 1 aliphatic heterocycles. The highest BCUT2D eigenvalue weighted by Crippen LogP contribution is 2.19. The van der Waals surface area contributed by atoms with Gasteiger partial charge in [0.2, 0.25) is 0 Å². The number of hydrogen-bond donors (Lipinski definition) is 2. The van der Waals surface area contributed by atoms with Gasteiger partial charge in [0, 0.05) is 13.1 Å². The number of carboxylic acid groups (broad SMARTS) is 1. The molecule has 1 heterocycles. The first-order valence-corrected chi connectivity index (χ1v) is 5.64. The van der Waals surface area contributed by atoms with Crippen LogP contribution in [-0.4, -0.2) is 70.7 Å². The number of rotatable bonds is 5. The standard InChI is InChI=1S/C10H16F2N2O4/c11-8(12)6-13(4-5-15)10(18)14-3-1-2-7(14)9(16)17/h7-8,15H,1-6H2,(H,16,17)/t7-/m1/s1. The van der Waals surface area contributed by atoms with E-state index in [2.05, 4.69) is 0 Å². The lowest BCUT2D eigenvalue weighted by Gasteiger charge is -2.29. The molecule has 1 aliphatic rings. The SMILES string of the molecule is O=C(O)[C@H]1CCCN1C(=O)N(CCO)CC(F)F. The Bertz CT molecular complexity index is 314. The van der Waals surface area contributed by atoms with Gasteiger partial charge in [-0.3, -0.25) is 0 Å². The molecule has 0 aromatic rings. The number of amides is 2. The third-order valence-electron chi connectivity index (χ3n) is 2.78. The van der Waals surface area contributed by atoms with Gasteiger partial charge in [-0.05, 0) is 12.8 Å². The zero-order valence-electron chi connectivity index (χ0n) is 9.76. The van der Waals surface area contributed by atoms with Crippen molar-refractivity contribution in [3.63, 3.8) is 0 Å². The van der Waals surface area contributed by atoms with Gasteiger partial charge in [0.05, 0.1) is 13.2 Å². The van der Waals surface area contributed by atoms with Crippen molar-refractivity contribution in [1.29, 1.82) is 0 Å². The van der Waals surface area contributed by atoms with Crippen molar-refractivity contribution < 1.29 is 28.6 Å². The van der Waals surface area contributed by atoms with Crippen molar-refractivity contribution in [3.05, 3.63) is 0 Å². The largest absolute Gasteiger partial charge is 0.480 e. The van der Waals surface area contributed by atoms with E-state index in [1.54, 1.807) is 0 Å². The number of aliphatic carboxylic acids is 1. The van der Waals surface area contributed by atoms with E-state index in [4.69, 9.17) is 10.2 Å². The molecule has 104 valence electrons. The number of carboxylic acids is 1. The fourth-order valence-corrected chi connectivity index (χ4v) is 1.99. The lowest BCUT2D eigenvalue weighted by atomic mass is 10.2. The van der Waals surface area contributed by atoms with Crippen molar-refractivity contribution in [3.8, 4) is 0 Å². The van der Waals surface area contributed by atoms with E-state index in [0.29, 0.717) is 12.8 Å². The highest BCUT2D eigenvalue weighted by atomic mass is 19.3. The van der Waals surface area contributed by atoms with Gasteiger partial charge >= 0.3 is 12.0 Å². The average Bonchev–Trinajstić information content (AvgIpc) is 2.75. The Balaban J connectivity index is 2.72. The number of aliphatic hydroxyl groups is 1. The highest BCUT2D eigenvalue weighted by molar-refractivity contribution is 5.83. The number of nitrogens with zero attached hydrogens (tertiary/aromatic N) is 2. The van der Waals surface area contributed by atoms with Crippen LogP contribution in [0.25, 0.3) is 0 Å². The molecule has 0 aromatic carbocycles. The first kappa shape index (κ1) is 14.6. The molecule has 1 saturated heterocycles. The predicted molar refractivity (Wildman–Crippen MR) is 57.4 cm³/mol. The van der Waals surface area contributed by atoms with Crippen LogP contribution in [0.5, 0.6) is 0 Å². The van der Waals surface area contributed by atoms with E-state index in [9.17, 15) is 18.4 Å². The minimum Gasteiger partial charge on any atom is -0.480 e. The topological polar surface area (TPSA) is 81.1 Å². The molecule has 18 heavy (non-hydrogen) atoms. The number of aliphatic hydroxyl groups excluding tert-OH is 1. The summed E-state index contributed by atoms with van der Waals surface area (Å²) in [6, 6.07) is -1.72. The molecule has 0 unspecified atom stereocenters. The molecule has 6 nitrogen and oxygen atoms in total. The predicted octanol–water partition coefficient (Wildman–Crippen LogP) is 0.215.